The summed E-state index contributed by atoms with van der Waals surface area (Å²) in [7, 11) is 0. The molecular weight excluding hydrogens is 225 g/mol. The highest BCUT2D eigenvalue weighted by Crippen LogP contribution is 2.15. The molecule has 0 spiro atoms. The van der Waals surface area contributed by atoms with Gasteiger partial charge < -0.3 is 5.73 Å². The predicted octanol–water partition coefficient (Wildman–Crippen LogP) is 2.35. The van der Waals surface area contributed by atoms with Crippen molar-refractivity contribution in [1.82, 2.24) is 10.2 Å². The Morgan fingerprint density at radius 1 is 1.31 bits per heavy atom. The Bertz CT molecular complexity index is 496. The lowest BCUT2D eigenvalue weighted by Crippen LogP contribution is -1.95. The number of nitrogens with zero attached hydrogens (tertiary/aromatic N) is 2. The van der Waals surface area contributed by atoms with Crippen molar-refractivity contribution in [3.8, 4) is 0 Å². The first-order valence-corrected chi connectivity index (χ1v) is 5.79. The van der Waals surface area contributed by atoms with Gasteiger partial charge in [-0.25, -0.2) is 4.39 Å². The van der Waals surface area contributed by atoms with Crippen molar-refractivity contribution in [2.45, 2.75) is 19.8 Å². The van der Waals surface area contributed by atoms with E-state index in [9.17, 15) is 4.39 Å². The van der Waals surface area contributed by atoms with Crippen molar-refractivity contribution in [1.29, 1.82) is 0 Å². The molecule has 2 aromatic rings. The number of anilines is 1. The van der Waals surface area contributed by atoms with E-state index < -0.39 is 0 Å². The number of nitrogens with two attached hydrogens (primary N) is 1. The van der Waals surface area contributed by atoms with E-state index in [-0.39, 0.29) is 11.5 Å². The fourth-order valence-electron chi connectivity index (χ4n) is 1.44. The lowest BCUT2D eigenvalue weighted by atomic mass is 10.1. The van der Waals surface area contributed by atoms with Gasteiger partial charge in [0.25, 0.3) is 0 Å². The van der Waals surface area contributed by atoms with Gasteiger partial charge in [-0.15, -0.1) is 21.5 Å². The second-order valence-electron chi connectivity index (χ2n) is 3.57. The molecule has 1 heterocycles. The van der Waals surface area contributed by atoms with Gasteiger partial charge in [-0.2, -0.15) is 0 Å². The van der Waals surface area contributed by atoms with Gasteiger partial charge in [-0.1, -0.05) is 6.07 Å². The third-order valence-corrected chi connectivity index (χ3v) is 3.15. The number of nitrogen functional groups attached to an aromatic ring is 1. The van der Waals surface area contributed by atoms with Crippen molar-refractivity contribution in [3.63, 3.8) is 0 Å². The summed E-state index contributed by atoms with van der Waals surface area (Å²) in [5.41, 5.74) is 6.71. The monoisotopic (exact) mass is 237 g/mol. The minimum absolute atomic E-state index is 0.200. The van der Waals surface area contributed by atoms with Gasteiger partial charge in [0.15, 0.2) is 0 Å². The Labute approximate surface area is 97.1 Å². The first kappa shape index (κ1) is 11.0. The zero-order chi connectivity index (χ0) is 11.5. The van der Waals surface area contributed by atoms with Gasteiger partial charge in [-0.3, -0.25) is 0 Å². The largest absolute Gasteiger partial charge is 0.396 e. The summed E-state index contributed by atoms with van der Waals surface area (Å²) < 4.78 is 12.9. The van der Waals surface area contributed by atoms with Crippen LogP contribution >= 0.6 is 11.3 Å². The maximum atomic E-state index is 12.9. The third kappa shape index (κ3) is 2.55. The van der Waals surface area contributed by atoms with Crippen LogP contribution < -0.4 is 5.73 Å². The molecule has 0 atom stereocenters. The van der Waals surface area contributed by atoms with E-state index in [1.807, 2.05) is 6.92 Å². The Hall–Kier alpha value is -1.49. The van der Waals surface area contributed by atoms with Crippen molar-refractivity contribution in [3.05, 3.63) is 39.6 Å². The van der Waals surface area contributed by atoms with Gasteiger partial charge in [0.2, 0.25) is 0 Å². The molecule has 0 bridgehead atoms. The molecule has 0 radical (unpaired) electrons. The van der Waals surface area contributed by atoms with Crippen molar-refractivity contribution in [2.24, 2.45) is 0 Å². The van der Waals surface area contributed by atoms with Gasteiger partial charge in [-0.05, 0) is 31.0 Å². The van der Waals surface area contributed by atoms with E-state index in [0.29, 0.717) is 0 Å². The highest BCUT2D eigenvalue weighted by molar-refractivity contribution is 7.11. The zero-order valence-electron chi connectivity index (χ0n) is 8.90. The number of aryl methyl sites for hydroxylation is 3. The molecule has 16 heavy (non-hydrogen) atoms. The van der Waals surface area contributed by atoms with E-state index >= 15 is 0 Å². The molecule has 2 N–H and O–H groups in total. The van der Waals surface area contributed by atoms with E-state index in [4.69, 9.17) is 5.73 Å². The summed E-state index contributed by atoms with van der Waals surface area (Å²) in [4.78, 5) is 0. The summed E-state index contributed by atoms with van der Waals surface area (Å²) in [6.07, 6.45) is 1.62. The highest BCUT2D eigenvalue weighted by Gasteiger charge is 2.03. The molecule has 0 aliphatic heterocycles. The van der Waals surface area contributed by atoms with Crippen LogP contribution in [-0.2, 0) is 12.8 Å². The van der Waals surface area contributed by atoms with Crippen LogP contribution in [0.25, 0.3) is 0 Å². The zero-order valence-corrected chi connectivity index (χ0v) is 9.72. The number of halogens is 1. The highest BCUT2D eigenvalue weighted by atomic mass is 32.1. The summed E-state index contributed by atoms with van der Waals surface area (Å²) in [6, 6.07) is 4.82. The fourth-order valence-corrected chi connectivity index (χ4v) is 2.15. The number of rotatable bonds is 3. The molecule has 84 valence electrons. The van der Waals surface area contributed by atoms with Crippen LogP contribution in [0.5, 0.6) is 0 Å². The minimum Gasteiger partial charge on any atom is -0.396 e. The molecule has 0 saturated carbocycles. The molecule has 0 fully saturated rings. The maximum Gasteiger partial charge on any atom is 0.146 e. The Morgan fingerprint density at radius 2 is 2.12 bits per heavy atom. The number of hydrogen-bond acceptors (Lipinski definition) is 4. The summed E-state index contributed by atoms with van der Waals surface area (Å²) in [6.45, 7) is 1.93. The molecule has 0 amide bonds. The molecule has 1 aromatic carbocycles. The molecule has 5 heteroatoms. The Kier molecular flexibility index (Phi) is 3.14. The van der Waals surface area contributed by atoms with Crippen molar-refractivity contribution < 1.29 is 4.39 Å². The first-order chi connectivity index (χ1) is 7.65. The fraction of sp³-hybridized carbons (Fsp3) is 0.273. The van der Waals surface area contributed by atoms with Crippen molar-refractivity contribution in [2.75, 3.05) is 5.73 Å². The van der Waals surface area contributed by atoms with Crippen LogP contribution in [0.3, 0.4) is 0 Å². The smallest absolute Gasteiger partial charge is 0.146 e. The SMILES string of the molecule is Cc1nnc(CCc2ccc(F)c(N)c2)s1. The van der Waals surface area contributed by atoms with Crippen LogP contribution in [0.4, 0.5) is 10.1 Å². The second kappa shape index (κ2) is 4.57. The molecular formula is C11H12FN3S. The van der Waals surface area contributed by atoms with Crippen LogP contribution in [0.15, 0.2) is 18.2 Å². The topological polar surface area (TPSA) is 51.8 Å². The quantitative estimate of drug-likeness (QED) is 0.834. The summed E-state index contributed by atoms with van der Waals surface area (Å²) >= 11 is 1.59. The third-order valence-electron chi connectivity index (χ3n) is 2.26. The number of benzene rings is 1. The second-order valence-corrected chi connectivity index (χ2v) is 4.84. The molecule has 0 saturated heterocycles. The molecule has 2 rings (SSSR count). The van der Waals surface area contributed by atoms with Gasteiger partial charge >= 0.3 is 0 Å². The van der Waals surface area contributed by atoms with Crippen LogP contribution in [0.1, 0.15) is 15.6 Å². The van der Waals surface area contributed by atoms with Gasteiger partial charge in [0.1, 0.15) is 15.8 Å². The average molecular weight is 237 g/mol. The minimum atomic E-state index is -0.365. The van der Waals surface area contributed by atoms with Gasteiger partial charge in [0, 0.05) is 6.42 Å². The predicted molar refractivity (Wildman–Crippen MR) is 62.9 cm³/mol. The van der Waals surface area contributed by atoms with Crippen LogP contribution in [0, 0.1) is 12.7 Å². The Balaban J connectivity index is 2.02. The Morgan fingerprint density at radius 3 is 2.75 bits per heavy atom. The van der Waals surface area contributed by atoms with Crippen LogP contribution in [0.2, 0.25) is 0 Å². The molecule has 0 aliphatic carbocycles. The van der Waals surface area contributed by atoms with Crippen molar-refractivity contribution >= 4 is 17.0 Å². The normalized spacial score (nSPS) is 10.6. The first-order valence-electron chi connectivity index (χ1n) is 4.98. The summed E-state index contributed by atoms with van der Waals surface area (Å²) in [5.74, 6) is -0.365. The summed E-state index contributed by atoms with van der Waals surface area (Å²) in [5, 5.41) is 9.95. The number of hydrogen-bond donors (Lipinski definition) is 1. The molecule has 0 unspecified atom stereocenters. The molecule has 3 nitrogen and oxygen atoms in total. The average Bonchev–Trinajstić information content (AvgIpc) is 2.66. The lowest BCUT2D eigenvalue weighted by molar-refractivity contribution is 0.631. The van der Waals surface area contributed by atoms with E-state index in [2.05, 4.69) is 10.2 Å². The molecule has 1 aromatic heterocycles. The molecule has 0 aliphatic rings. The van der Waals surface area contributed by atoms with E-state index in [1.54, 1.807) is 23.5 Å². The lowest BCUT2D eigenvalue weighted by Gasteiger charge is -2.01. The van der Waals surface area contributed by atoms with E-state index in [0.717, 1.165) is 28.4 Å². The maximum absolute atomic E-state index is 12.9. The number of aromatic nitrogens is 2. The standard InChI is InChI=1S/C11H12FN3S/c1-7-14-15-11(16-7)5-3-8-2-4-9(12)10(13)6-8/h2,4,6H,3,5,13H2,1H3. The van der Waals surface area contributed by atoms with Gasteiger partial charge in [0.05, 0.1) is 5.69 Å². The van der Waals surface area contributed by atoms with E-state index in [1.165, 1.54) is 6.07 Å². The van der Waals surface area contributed by atoms with Crippen LogP contribution in [-0.4, -0.2) is 10.2 Å².